The molecule has 2 rings (SSSR count). The summed E-state index contributed by atoms with van der Waals surface area (Å²) < 4.78 is 8.10. The molecule has 7 heteroatoms. The topological polar surface area (TPSA) is 92.1 Å². The summed E-state index contributed by atoms with van der Waals surface area (Å²) in [6, 6.07) is 4.84. The van der Waals surface area contributed by atoms with Gasteiger partial charge in [-0.05, 0) is 26.0 Å². The average molecular weight is 290 g/mol. The van der Waals surface area contributed by atoms with E-state index < -0.39 is 5.97 Å². The molecular weight excluding hydrogens is 272 g/mol. The van der Waals surface area contributed by atoms with E-state index in [1.165, 1.54) is 22.9 Å². The Morgan fingerprint density at radius 1 is 1.38 bits per heavy atom. The molecule has 0 amide bonds. The Morgan fingerprint density at radius 2 is 2.14 bits per heavy atom. The standard InChI is InChI=1S/C14H18N4O3/c1-10(2)18-6-5-12(16-18)9-21-14(20)8-17-7-11(15)3-4-13(17)19/h3-7,10H,8-9,15H2,1-2H3. The fraction of sp³-hybridized carbons (Fsp3) is 0.357. The van der Waals surface area contributed by atoms with Gasteiger partial charge in [-0.1, -0.05) is 0 Å². The van der Waals surface area contributed by atoms with Crippen LogP contribution < -0.4 is 11.3 Å². The first kappa shape index (κ1) is 14.8. The smallest absolute Gasteiger partial charge is 0.326 e. The lowest BCUT2D eigenvalue weighted by molar-refractivity contribution is -0.145. The van der Waals surface area contributed by atoms with E-state index in [4.69, 9.17) is 10.5 Å². The molecule has 0 radical (unpaired) electrons. The van der Waals surface area contributed by atoms with E-state index in [1.807, 2.05) is 20.0 Å². The number of carbonyl (C=O) groups excluding carboxylic acids is 1. The van der Waals surface area contributed by atoms with Gasteiger partial charge in [0.1, 0.15) is 13.2 Å². The van der Waals surface area contributed by atoms with Crippen LogP contribution in [0.25, 0.3) is 0 Å². The van der Waals surface area contributed by atoms with Gasteiger partial charge in [0.05, 0.1) is 5.69 Å². The summed E-state index contributed by atoms with van der Waals surface area (Å²) in [4.78, 5) is 23.3. The quantitative estimate of drug-likeness (QED) is 0.828. The molecule has 21 heavy (non-hydrogen) atoms. The van der Waals surface area contributed by atoms with E-state index in [0.717, 1.165) is 0 Å². The van der Waals surface area contributed by atoms with Crippen LogP contribution in [0.3, 0.4) is 0 Å². The minimum atomic E-state index is -0.512. The van der Waals surface area contributed by atoms with E-state index in [0.29, 0.717) is 11.4 Å². The highest BCUT2D eigenvalue weighted by Gasteiger charge is 2.08. The van der Waals surface area contributed by atoms with Crippen molar-refractivity contribution in [2.24, 2.45) is 0 Å². The Labute approximate surface area is 121 Å². The average Bonchev–Trinajstić information content (AvgIpc) is 2.90. The molecule has 0 bridgehead atoms. The number of nitrogens with zero attached hydrogens (tertiary/aromatic N) is 3. The largest absolute Gasteiger partial charge is 0.458 e. The van der Waals surface area contributed by atoms with Crippen LogP contribution in [0.4, 0.5) is 5.69 Å². The number of rotatable bonds is 5. The molecule has 0 aliphatic heterocycles. The normalized spacial score (nSPS) is 10.8. The first-order valence-electron chi connectivity index (χ1n) is 6.61. The third-order valence-corrected chi connectivity index (χ3v) is 2.88. The van der Waals surface area contributed by atoms with Crippen LogP contribution in [0.5, 0.6) is 0 Å². The molecule has 2 aromatic heterocycles. The fourth-order valence-corrected chi connectivity index (χ4v) is 1.75. The monoisotopic (exact) mass is 290 g/mol. The number of hydrogen-bond acceptors (Lipinski definition) is 5. The van der Waals surface area contributed by atoms with Gasteiger partial charge in [0.2, 0.25) is 0 Å². The summed E-state index contributed by atoms with van der Waals surface area (Å²) in [5.74, 6) is -0.512. The zero-order valence-electron chi connectivity index (χ0n) is 12.0. The second kappa shape index (κ2) is 6.25. The van der Waals surface area contributed by atoms with Gasteiger partial charge in [-0.15, -0.1) is 0 Å². The number of pyridine rings is 1. The van der Waals surface area contributed by atoms with Gasteiger partial charge < -0.3 is 15.0 Å². The van der Waals surface area contributed by atoms with Crippen LogP contribution in [0.2, 0.25) is 0 Å². The number of hydrogen-bond donors (Lipinski definition) is 1. The van der Waals surface area contributed by atoms with Crippen molar-refractivity contribution in [2.75, 3.05) is 5.73 Å². The summed E-state index contributed by atoms with van der Waals surface area (Å²) in [5.41, 5.74) is 6.35. The van der Waals surface area contributed by atoms with Gasteiger partial charge in [-0.3, -0.25) is 14.3 Å². The molecule has 2 heterocycles. The number of esters is 1. The van der Waals surface area contributed by atoms with Crippen LogP contribution in [-0.4, -0.2) is 20.3 Å². The zero-order valence-corrected chi connectivity index (χ0v) is 12.0. The summed E-state index contributed by atoms with van der Waals surface area (Å²) in [6.07, 6.45) is 3.24. The lowest BCUT2D eigenvalue weighted by Crippen LogP contribution is -2.24. The minimum Gasteiger partial charge on any atom is -0.458 e. The minimum absolute atomic E-state index is 0.0790. The predicted octanol–water partition coefficient (Wildman–Crippen LogP) is 0.951. The van der Waals surface area contributed by atoms with Gasteiger partial charge >= 0.3 is 5.97 Å². The predicted molar refractivity (Wildman–Crippen MR) is 77.5 cm³/mol. The number of carbonyl (C=O) groups is 1. The van der Waals surface area contributed by atoms with Crippen LogP contribution >= 0.6 is 0 Å². The van der Waals surface area contributed by atoms with Crippen LogP contribution in [0, 0.1) is 0 Å². The Kier molecular flexibility index (Phi) is 4.42. The molecule has 0 spiro atoms. The van der Waals surface area contributed by atoms with Crippen LogP contribution in [0.15, 0.2) is 35.4 Å². The SMILES string of the molecule is CC(C)n1ccc(COC(=O)Cn2cc(N)ccc2=O)n1. The van der Waals surface area contributed by atoms with Crippen molar-refractivity contribution < 1.29 is 9.53 Å². The maximum Gasteiger partial charge on any atom is 0.326 e. The van der Waals surface area contributed by atoms with Crippen molar-refractivity contribution >= 4 is 11.7 Å². The van der Waals surface area contributed by atoms with Crippen molar-refractivity contribution in [3.8, 4) is 0 Å². The molecule has 0 atom stereocenters. The Morgan fingerprint density at radius 3 is 2.81 bits per heavy atom. The molecule has 7 nitrogen and oxygen atoms in total. The maximum atomic E-state index is 11.7. The summed E-state index contributed by atoms with van der Waals surface area (Å²) in [5, 5.41) is 4.27. The summed E-state index contributed by atoms with van der Waals surface area (Å²) in [7, 11) is 0. The Bertz CT molecular complexity index is 688. The molecular formula is C14H18N4O3. The molecule has 0 saturated carbocycles. The highest BCUT2D eigenvalue weighted by atomic mass is 16.5. The van der Waals surface area contributed by atoms with Crippen LogP contribution in [-0.2, 0) is 22.7 Å². The summed E-state index contributed by atoms with van der Waals surface area (Å²) in [6.45, 7) is 3.93. The molecule has 0 aromatic carbocycles. The van der Waals surface area contributed by atoms with Crippen molar-refractivity contribution in [1.29, 1.82) is 0 Å². The van der Waals surface area contributed by atoms with Crippen molar-refractivity contribution in [1.82, 2.24) is 14.3 Å². The fourth-order valence-electron chi connectivity index (χ4n) is 1.75. The zero-order chi connectivity index (χ0) is 15.4. The molecule has 0 aliphatic carbocycles. The number of nitrogens with two attached hydrogens (primary N) is 1. The molecule has 2 N–H and O–H groups in total. The number of nitrogen functional groups attached to an aromatic ring is 1. The van der Waals surface area contributed by atoms with E-state index in [9.17, 15) is 9.59 Å². The first-order chi connectivity index (χ1) is 9.95. The van der Waals surface area contributed by atoms with Gasteiger partial charge in [0.15, 0.2) is 0 Å². The number of anilines is 1. The number of ether oxygens (including phenoxy) is 1. The van der Waals surface area contributed by atoms with Crippen LogP contribution in [0.1, 0.15) is 25.6 Å². The first-order valence-corrected chi connectivity index (χ1v) is 6.61. The second-order valence-corrected chi connectivity index (χ2v) is 4.97. The molecule has 0 fully saturated rings. The lowest BCUT2D eigenvalue weighted by atomic mass is 10.4. The number of aromatic nitrogens is 3. The van der Waals surface area contributed by atoms with Crippen molar-refractivity contribution in [3.05, 3.63) is 46.6 Å². The molecule has 0 aliphatic rings. The third-order valence-electron chi connectivity index (χ3n) is 2.88. The molecule has 112 valence electrons. The van der Waals surface area contributed by atoms with E-state index in [-0.39, 0.29) is 24.8 Å². The van der Waals surface area contributed by atoms with Crippen molar-refractivity contribution in [3.63, 3.8) is 0 Å². The van der Waals surface area contributed by atoms with E-state index >= 15 is 0 Å². The highest BCUT2D eigenvalue weighted by molar-refractivity contribution is 5.69. The van der Waals surface area contributed by atoms with E-state index in [1.54, 1.807) is 10.7 Å². The summed E-state index contributed by atoms with van der Waals surface area (Å²) >= 11 is 0. The highest BCUT2D eigenvalue weighted by Crippen LogP contribution is 2.05. The Hall–Kier alpha value is -2.57. The van der Waals surface area contributed by atoms with Gasteiger partial charge in [-0.25, -0.2) is 0 Å². The van der Waals surface area contributed by atoms with Crippen molar-refractivity contribution in [2.45, 2.75) is 33.0 Å². The third kappa shape index (κ3) is 3.95. The second-order valence-electron chi connectivity index (χ2n) is 4.97. The Balaban J connectivity index is 1.92. The van der Waals surface area contributed by atoms with Gasteiger partial charge in [-0.2, -0.15) is 5.10 Å². The maximum absolute atomic E-state index is 11.7. The molecule has 0 saturated heterocycles. The van der Waals surface area contributed by atoms with E-state index in [2.05, 4.69) is 5.10 Å². The molecule has 0 unspecified atom stereocenters. The van der Waals surface area contributed by atoms with Gasteiger partial charge in [0.25, 0.3) is 5.56 Å². The van der Waals surface area contributed by atoms with Gasteiger partial charge in [0, 0.05) is 30.2 Å². The molecule has 2 aromatic rings. The lowest BCUT2D eigenvalue weighted by Gasteiger charge is -2.07.